The lowest BCUT2D eigenvalue weighted by molar-refractivity contribution is 0.174. The Bertz CT molecular complexity index is 1250. The lowest BCUT2D eigenvalue weighted by Crippen LogP contribution is -2.23. The van der Waals surface area contributed by atoms with E-state index in [4.69, 9.17) is 31.0 Å². The van der Waals surface area contributed by atoms with E-state index in [1.54, 1.807) is 0 Å². The Morgan fingerprint density at radius 3 is 2.81 bits per heavy atom. The molecule has 3 heterocycles. The third kappa shape index (κ3) is 4.38. The van der Waals surface area contributed by atoms with Crippen LogP contribution in [0.15, 0.2) is 60.8 Å². The van der Waals surface area contributed by atoms with Gasteiger partial charge in [0.2, 0.25) is 12.7 Å². The number of nitrogens with zero attached hydrogens (tertiary/aromatic N) is 4. The summed E-state index contributed by atoms with van der Waals surface area (Å²) in [5.41, 5.74) is 2.93. The van der Waals surface area contributed by atoms with Crippen LogP contribution in [0.25, 0.3) is 10.9 Å². The SMILES string of the molecule is CN(CCc1ccccn1)c1nc(NCc2ccc3c(c2)OCO3)c2cc(Cl)ccc2n1. The molecule has 8 heteroatoms. The third-order valence-corrected chi connectivity index (χ3v) is 5.55. The van der Waals surface area contributed by atoms with Gasteiger partial charge in [0.15, 0.2) is 11.5 Å². The second-order valence-corrected chi connectivity index (χ2v) is 8.00. The van der Waals surface area contributed by atoms with Gasteiger partial charge in [-0.2, -0.15) is 4.98 Å². The molecule has 0 saturated heterocycles. The van der Waals surface area contributed by atoms with E-state index in [2.05, 4.69) is 10.3 Å². The molecule has 0 unspecified atom stereocenters. The topological polar surface area (TPSA) is 72.4 Å². The Morgan fingerprint density at radius 1 is 1.03 bits per heavy atom. The molecule has 0 saturated carbocycles. The van der Waals surface area contributed by atoms with Crippen LogP contribution in [-0.2, 0) is 13.0 Å². The van der Waals surface area contributed by atoms with Gasteiger partial charge in [0, 0.05) is 48.9 Å². The molecule has 0 aliphatic carbocycles. The first-order valence-corrected chi connectivity index (χ1v) is 10.7. The molecular formula is C24H22ClN5O2. The van der Waals surface area contributed by atoms with Gasteiger partial charge in [-0.05, 0) is 48.0 Å². The van der Waals surface area contributed by atoms with Crippen molar-refractivity contribution in [1.82, 2.24) is 15.0 Å². The number of aromatic nitrogens is 3. The zero-order valence-electron chi connectivity index (χ0n) is 17.6. The number of rotatable bonds is 7. The smallest absolute Gasteiger partial charge is 0.231 e. The highest BCUT2D eigenvalue weighted by Gasteiger charge is 2.15. The highest BCUT2D eigenvalue weighted by molar-refractivity contribution is 6.31. The van der Waals surface area contributed by atoms with E-state index in [9.17, 15) is 0 Å². The van der Waals surface area contributed by atoms with Gasteiger partial charge in [-0.25, -0.2) is 4.98 Å². The van der Waals surface area contributed by atoms with Crippen LogP contribution >= 0.6 is 11.6 Å². The average molecular weight is 448 g/mol. The first-order valence-electron chi connectivity index (χ1n) is 10.4. The van der Waals surface area contributed by atoms with Crippen molar-refractivity contribution in [2.24, 2.45) is 0 Å². The molecule has 1 N–H and O–H groups in total. The van der Waals surface area contributed by atoms with E-state index in [0.717, 1.165) is 52.4 Å². The summed E-state index contributed by atoms with van der Waals surface area (Å²) in [6.45, 7) is 1.58. The van der Waals surface area contributed by atoms with Gasteiger partial charge < -0.3 is 19.7 Å². The van der Waals surface area contributed by atoms with Gasteiger partial charge in [0.05, 0.1) is 5.52 Å². The first kappa shape index (κ1) is 20.3. The minimum atomic E-state index is 0.259. The van der Waals surface area contributed by atoms with Crippen molar-refractivity contribution in [1.29, 1.82) is 0 Å². The highest BCUT2D eigenvalue weighted by atomic mass is 35.5. The minimum Gasteiger partial charge on any atom is -0.454 e. The van der Waals surface area contributed by atoms with Crippen molar-refractivity contribution in [3.8, 4) is 11.5 Å². The Labute approximate surface area is 191 Å². The maximum absolute atomic E-state index is 6.26. The normalized spacial score (nSPS) is 12.2. The van der Waals surface area contributed by atoms with E-state index in [-0.39, 0.29) is 6.79 Å². The lowest BCUT2D eigenvalue weighted by Gasteiger charge is -2.19. The molecule has 7 nitrogen and oxygen atoms in total. The van der Waals surface area contributed by atoms with Gasteiger partial charge in [-0.3, -0.25) is 4.98 Å². The molecule has 0 radical (unpaired) electrons. The zero-order valence-corrected chi connectivity index (χ0v) is 18.3. The highest BCUT2D eigenvalue weighted by Crippen LogP contribution is 2.33. The molecule has 0 amide bonds. The number of ether oxygens (including phenoxy) is 2. The summed E-state index contributed by atoms with van der Waals surface area (Å²) < 4.78 is 10.9. The number of hydrogen-bond acceptors (Lipinski definition) is 7. The standard InChI is InChI=1S/C24H22ClN5O2/c1-30(11-9-18-4-2-3-10-26-18)24-28-20-7-6-17(25)13-19(20)23(29-24)27-14-16-5-8-21-22(12-16)32-15-31-21/h2-8,10,12-13H,9,11,14-15H2,1H3,(H,27,28,29). The van der Waals surface area contributed by atoms with Crippen LogP contribution in [0, 0.1) is 0 Å². The molecule has 32 heavy (non-hydrogen) atoms. The summed E-state index contributed by atoms with van der Waals surface area (Å²) >= 11 is 6.26. The number of benzene rings is 2. The van der Waals surface area contributed by atoms with Crippen molar-refractivity contribution in [3.63, 3.8) is 0 Å². The van der Waals surface area contributed by atoms with Crippen molar-refractivity contribution in [3.05, 3.63) is 77.1 Å². The number of anilines is 2. The number of pyridine rings is 1. The maximum Gasteiger partial charge on any atom is 0.231 e. The molecule has 1 aliphatic heterocycles. The summed E-state index contributed by atoms with van der Waals surface area (Å²) in [7, 11) is 1.99. The molecule has 1 aliphatic rings. The Kier molecular flexibility index (Phi) is 5.64. The summed E-state index contributed by atoms with van der Waals surface area (Å²) in [6.07, 6.45) is 2.61. The predicted molar refractivity (Wildman–Crippen MR) is 126 cm³/mol. The molecule has 4 aromatic rings. The van der Waals surface area contributed by atoms with Crippen LogP contribution in [0.3, 0.4) is 0 Å². The van der Waals surface area contributed by atoms with Crippen LogP contribution in [0.4, 0.5) is 11.8 Å². The fourth-order valence-corrected chi connectivity index (χ4v) is 3.73. The maximum atomic E-state index is 6.26. The van der Waals surface area contributed by atoms with Gasteiger partial charge in [0.1, 0.15) is 5.82 Å². The number of hydrogen-bond donors (Lipinski definition) is 1. The minimum absolute atomic E-state index is 0.259. The van der Waals surface area contributed by atoms with E-state index in [1.165, 1.54) is 0 Å². The molecule has 0 atom stereocenters. The average Bonchev–Trinajstić information content (AvgIpc) is 3.29. The zero-order chi connectivity index (χ0) is 21.9. The van der Waals surface area contributed by atoms with E-state index in [1.807, 2.05) is 72.7 Å². The number of fused-ring (bicyclic) bond motifs is 2. The van der Waals surface area contributed by atoms with Gasteiger partial charge in [-0.15, -0.1) is 0 Å². The largest absolute Gasteiger partial charge is 0.454 e. The fraction of sp³-hybridized carbons (Fsp3) is 0.208. The predicted octanol–water partition coefficient (Wildman–Crippen LogP) is 4.70. The van der Waals surface area contributed by atoms with E-state index < -0.39 is 0 Å². The summed E-state index contributed by atoms with van der Waals surface area (Å²) in [5, 5.41) is 4.96. The van der Waals surface area contributed by atoms with Crippen molar-refractivity contribution in [2.75, 3.05) is 30.6 Å². The second kappa shape index (κ2) is 8.88. The molecule has 0 spiro atoms. The van der Waals surface area contributed by atoms with Gasteiger partial charge >= 0.3 is 0 Å². The van der Waals surface area contributed by atoms with Crippen LogP contribution in [-0.4, -0.2) is 35.3 Å². The van der Waals surface area contributed by atoms with E-state index >= 15 is 0 Å². The second-order valence-electron chi connectivity index (χ2n) is 7.57. The molecule has 2 aromatic carbocycles. The van der Waals surface area contributed by atoms with Crippen molar-refractivity contribution in [2.45, 2.75) is 13.0 Å². The van der Waals surface area contributed by atoms with Crippen molar-refractivity contribution >= 4 is 34.3 Å². The monoisotopic (exact) mass is 447 g/mol. The molecule has 0 fully saturated rings. The van der Waals surface area contributed by atoms with Crippen molar-refractivity contribution < 1.29 is 9.47 Å². The summed E-state index contributed by atoms with van der Waals surface area (Å²) in [4.78, 5) is 16.0. The Hall–Kier alpha value is -3.58. The van der Waals surface area contributed by atoms with Gasteiger partial charge in [-0.1, -0.05) is 23.7 Å². The summed E-state index contributed by atoms with van der Waals surface area (Å²) in [6, 6.07) is 17.5. The molecular weight excluding hydrogens is 426 g/mol. The number of halogens is 1. The quantitative estimate of drug-likeness (QED) is 0.440. The molecule has 0 bridgehead atoms. The number of nitrogens with one attached hydrogen (secondary N) is 1. The fourth-order valence-electron chi connectivity index (χ4n) is 3.56. The van der Waals surface area contributed by atoms with Crippen LogP contribution in [0.2, 0.25) is 5.02 Å². The first-order chi connectivity index (χ1) is 15.7. The molecule has 162 valence electrons. The van der Waals surface area contributed by atoms with Gasteiger partial charge in [0.25, 0.3) is 0 Å². The lowest BCUT2D eigenvalue weighted by atomic mass is 10.2. The molecule has 5 rings (SSSR count). The van der Waals surface area contributed by atoms with Crippen LogP contribution in [0.1, 0.15) is 11.3 Å². The van der Waals surface area contributed by atoms with Crippen LogP contribution in [0.5, 0.6) is 11.5 Å². The van der Waals surface area contributed by atoms with E-state index in [0.29, 0.717) is 17.5 Å². The van der Waals surface area contributed by atoms with Crippen LogP contribution < -0.4 is 19.7 Å². The third-order valence-electron chi connectivity index (χ3n) is 5.31. The number of likely N-dealkylation sites (N-methyl/N-ethyl adjacent to an activating group) is 1. The Balaban J connectivity index is 1.39. The summed E-state index contributed by atoms with van der Waals surface area (Å²) in [5.74, 6) is 2.90. The molecule has 2 aromatic heterocycles. The Morgan fingerprint density at radius 2 is 1.94 bits per heavy atom.